The number of pyridine rings is 1. The summed E-state index contributed by atoms with van der Waals surface area (Å²) in [5.41, 5.74) is 1.43. The highest BCUT2D eigenvalue weighted by atomic mass is 16.2. The van der Waals surface area contributed by atoms with Crippen LogP contribution in [0.4, 0.5) is 0 Å². The Bertz CT molecular complexity index is 409. The minimum Gasteiger partial charge on any atom is -0.334 e. The zero-order valence-corrected chi connectivity index (χ0v) is 10.6. The molecule has 1 aromatic rings. The first kappa shape index (κ1) is 12.0. The second-order valence-electron chi connectivity index (χ2n) is 4.84. The van der Waals surface area contributed by atoms with Gasteiger partial charge in [0.1, 0.15) is 5.69 Å². The molecule has 4 nitrogen and oxygen atoms in total. The van der Waals surface area contributed by atoms with Crippen molar-refractivity contribution >= 4 is 5.91 Å². The molecule has 1 N–H and O–H groups in total. The summed E-state index contributed by atoms with van der Waals surface area (Å²) in [5.74, 6) is 0.0360. The second kappa shape index (κ2) is 4.84. The molecule has 1 aromatic heterocycles. The Morgan fingerprint density at radius 3 is 2.59 bits per heavy atom. The van der Waals surface area contributed by atoms with Crippen LogP contribution < -0.4 is 5.32 Å². The molecule has 0 spiro atoms. The van der Waals surface area contributed by atoms with Gasteiger partial charge >= 0.3 is 0 Å². The second-order valence-corrected chi connectivity index (χ2v) is 4.84. The maximum atomic E-state index is 12.3. The number of hydrogen-bond acceptors (Lipinski definition) is 3. The normalized spacial score (nSPS) is 24.8. The van der Waals surface area contributed by atoms with Crippen molar-refractivity contribution in [1.29, 1.82) is 0 Å². The summed E-state index contributed by atoms with van der Waals surface area (Å²) in [4.78, 5) is 18.4. The molecule has 0 unspecified atom stereocenters. The summed E-state index contributed by atoms with van der Waals surface area (Å²) in [7, 11) is 0. The highest BCUT2D eigenvalue weighted by Crippen LogP contribution is 2.09. The van der Waals surface area contributed by atoms with Gasteiger partial charge in [-0.3, -0.25) is 4.79 Å². The molecule has 1 aliphatic heterocycles. The lowest BCUT2D eigenvalue weighted by Crippen LogP contribution is -2.55. The molecule has 1 fully saturated rings. The molecular formula is C13H19N3O. The van der Waals surface area contributed by atoms with Gasteiger partial charge in [-0.2, -0.15) is 0 Å². The monoisotopic (exact) mass is 233 g/mol. The van der Waals surface area contributed by atoms with Gasteiger partial charge in [0, 0.05) is 30.9 Å². The van der Waals surface area contributed by atoms with Gasteiger partial charge in [-0.15, -0.1) is 0 Å². The molecule has 0 aromatic carbocycles. The molecular weight excluding hydrogens is 214 g/mol. The topological polar surface area (TPSA) is 45.2 Å². The summed E-state index contributed by atoms with van der Waals surface area (Å²) in [6.07, 6.45) is 0. The van der Waals surface area contributed by atoms with Gasteiger partial charge in [-0.25, -0.2) is 4.98 Å². The molecule has 0 saturated carbocycles. The summed E-state index contributed by atoms with van der Waals surface area (Å²) >= 11 is 0. The van der Waals surface area contributed by atoms with Crippen molar-refractivity contribution in [2.24, 2.45) is 0 Å². The minimum atomic E-state index is 0.0360. The molecule has 2 rings (SSSR count). The van der Waals surface area contributed by atoms with E-state index in [-0.39, 0.29) is 5.91 Å². The predicted molar refractivity (Wildman–Crippen MR) is 66.9 cm³/mol. The van der Waals surface area contributed by atoms with Crippen LogP contribution in [0.3, 0.4) is 0 Å². The molecule has 0 radical (unpaired) electrons. The van der Waals surface area contributed by atoms with E-state index >= 15 is 0 Å². The quantitative estimate of drug-likeness (QED) is 0.793. The molecule has 4 heteroatoms. The smallest absolute Gasteiger partial charge is 0.272 e. The van der Waals surface area contributed by atoms with E-state index in [1.807, 2.05) is 24.0 Å². The van der Waals surface area contributed by atoms with E-state index in [2.05, 4.69) is 24.1 Å². The number of nitrogens with zero attached hydrogens (tertiary/aromatic N) is 2. The van der Waals surface area contributed by atoms with Crippen LogP contribution in [0.5, 0.6) is 0 Å². The lowest BCUT2D eigenvalue weighted by atomic mass is 10.1. The number of aromatic nitrogens is 1. The number of rotatable bonds is 1. The lowest BCUT2D eigenvalue weighted by molar-refractivity contribution is 0.0667. The van der Waals surface area contributed by atoms with E-state index in [4.69, 9.17) is 0 Å². The molecule has 1 saturated heterocycles. The van der Waals surface area contributed by atoms with Gasteiger partial charge in [0.15, 0.2) is 0 Å². The van der Waals surface area contributed by atoms with E-state index in [1.165, 1.54) is 0 Å². The Morgan fingerprint density at radius 2 is 2.00 bits per heavy atom. The Labute approximate surface area is 102 Å². The van der Waals surface area contributed by atoms with Crippen LogP contribution in [0.15, 0.2) is 18.2 Å². The van der Waals surface area contributed by atoms with E-state index in [0.29, 0.717) is 17.8 Å². The van der Waals surface area contributed by atoms with Gasteiger partial charge in [-0.05, 0) is 32.9 Å². The van der Waals surface area contributed by atoms with Crippen LogP contribution in [0, 0.1) is 6.92 Å². The molecule has 0 aliphatic carbocycles. The maximum Gasteiger partial charge on any atom is 0.272 e. The van der Waals surface area contributed by atoms with E-state index in [0.717, 1.165) is 18.8 Å². The SMILES string of the molecule is Cc1cccc(C(=O)N2C[C@@H](C)N[C@@H](C)C2)n1. The standard InChI is InChI=1S/C13H19N3O/c1-9-5-4-6-12(15-9)13(17)16-7-10(2)14-11(3)8-16/h4-6,10-11,14H,7-8H2,1-3H3/t10-,11+. The maximum absolute atomic E-state index is 12.3. The van der Waals surface area contributed by atoms with Gasteiger partial charge in [-0.1, -0.05) is 6.07 Å². The van der Waals surface area contributed by atoms with Crippen LogP contribution >= 0.6 is 0 Å². The number of piperazine rings is 1. The van der Waals surface area contributed by atoms with Gasteiger partial charge < -0.3 is 10.2 Å². The Morgan fingerprint density at radius 1 is 1.35 bits per heavy atom. The molecule has 92 valence electrons. The summed E-state index contributed by atoms with van der Waals surface area (Å²) in [5, 5.41) is 3.41. The molecule has 0 bridgehead atoms. The van der Waals surface area contributed by atoms with Gasteiger partial charge in [0.05, 0.1) is 0 Å². The largest absolute Gasteiger partial charge is 0.334 e. The van der Waals surface area contributed by atoms with E-state index in [9.17, 15) is 4.79 Å². The van der Waals surface area contributed by atoms with Gasteiger partial charge in [0.25, 0.3) is 5.91 Å². The van der Waals surface area contributed by atoms with E-state index < -0.39 is 0 Å². The fourth-order valence-corrected chi connectivity index (χ4v) is 2.32. The number of nitrogens with one attached hydrogen (secondary N) is 1. The van der Waals surface area contributed by atoms with Crippen LogP contribution in [-0.2, 0) is 0 Å². The zero-order chi connectivity index (χ0) is 12.4. The first-order valence-corrected chi connectivity index (χ1v) is 6.05. The van der Waals surface area contributed by atoms with Crippen molar-refractivity contribution in [3.63, 3.8) is 0 Å². The number of aryl methyl sites for hydroxylation is 1. The van der Waals surface area contributed by atoms with Crippen molar-refractivity contribution < 1.29 is 4.79 Å². The average Bonchev–Trinajstić information content (AvgIpc) is 2.26. The predicted octanol–water partition coefficient (Wildman–Crippen LogP) is 1.21. The molecule has 1 amide bonds. The van der Waals surface area contributed by atoms with Crippen molar-refractivity contribution in [2.75, 3.05) is 13.1 Å². The van der Waals surface area contributed by atoms with Crippen molar-refractivity contribution in [3.8, 4) is 0 Å². The van der Waals surface area contributed by atoms with Crippen LogP contribution in [0.1, 0.15) is 30.0 Å². The van der Waals surface area contributed by atoms with Crippen molar-refractivity contribution in [1.82, 2.24) is 15.2 Å². The summed E-state index contributed by atoms with van der Waals surface area (Å²) < 4.78 is 0. The molecule has 17 heavy (non-hydrogen) atoms. The van der Waals surface area contributed by atoms with Crippen molar-refractivity contribution in [2.45, 2.75) is 32.9 Å². The third-order valence-electron chi connectivity index (χ3n) is 2.95. The molecule has 2 heterocycles. The zero-order valence-electron chi connectivity index (χ0n) is 10.6. The first-order chi connectivity index (χ1) is 8.06. The number of amides is 1. The molecule has 2 atom stereocenters. The number of hydrogen-bond donors (Lipinski definition) is 1. The fourth-order valence-electron chi connectivity index (χ4n) is 2.32. The number of carbonyl (C=O) groups is 1. The minimum absolute atomic E-state index is 0.0360. The Kier molecular flexibility index (Phi) is 3.43. The highest BCUT2D eigenvalue weighted by Gasteiger charge is 2.25. The average molecular weight is 233 g/mol. The van der Waals surface area contributed by atoms with Crippen molar-refractivity contribution in [3.05, 3.63) is 29.6 Å². The molecule has 1 aliphatic rings. The van der Waals surface area contributed by atoms with E-state index in [1.54, 1.807) is 6.07 Å². The summed E-state index contributed by atoms with van der Waals surface area (Å²) in [6, 6.07) is 6.25. The third-order valence-corrected chi connectivity index (χ3v) is 2.95. The highest BCUT2D eigenvalue weighted by molar-refractivity contribution is 5.92. The first-order valence-electron chi connectivity index (χ1n) is 6.05. The number of carbonyl (C=O) groups excluding carboxylic acids is 1. The van der Waals surface area contributed by atoms with Gasteiger partial charge in [0.2, 0.25) is 0 Å². The summed E-state index contributed by atoms with van der Waals surface area (Å²) in [6.45, 7) is 7.59. The Hall–Kier alpha value is -1.42. The third kappa shape index (κ3) is 2.82. The lowest BCUT2D eigenvalue weighted by Gasteiger charge is -2.36. The fraction of sp³-hybridized carbons (Fsp3) is 0.538. The Balaban J connectivity index is 2.14. The van der Waals surface area contributed by atoms with Crippen LogP contribution in [0.25, 0.3) is 0 Å². The van der Waals surface area contributed by atoms with Crippen LogP contribution in [0.2, 0.25) is 0 Å². The van der Waals surface area contributed by atoms with Crippen LogP contribution in [-0.4, -0.2) is 41.0 Å².